The van der Waals surface area contributed by atoms with Gasteiger partial charge in [0.25, 0.3) is 0 Å². The summed E-state index contributed by atoms with van der Waals surface area (Å²) in [6, 6.07) is 2.07. The van der Waals surface area contributed by atoms with Crippen molar-refractivity contribution in [1.82, 2.24) is 15.0 Å². The molecular weight excluding hydrogens is 276 g/mol. The van der Waals surface area contributed by atoms with Crippen LogP contribution >= 0.6 is 0 Å². The number of anilines is 1. The summed E-state index contributed by atoms with van der Waals surface area (Å²) in [7, 11) is 0. The van der Waals surface area contributed by atoms with E-state index in [1.54, 1.807) is 6.33 Å². The highest BCUT2D eigenvalue weighted by molar-refractivity contribution is 5.89. The molecule has 0 unspecified atom stereocenters. The van der Waals surface area contributed by atoms with Crippen molar-refractivity contribution in [3.8, 4) is 0 Å². The van der Waals surface area contributed by atoms with E-state index in [1.807, 2.05) is 6.92 Å². The van der Waals surface area contributed by atoms with Gasteiger partial charge >= 0.3 is 0 Å². The van der Waals surface area contributed by atoms with Gasteiger partial charge in [0.2, 0.25) is 0 Å². The standard InChI is InChI=1S/C17H24N4O/c1-12-10-13(2)21-17-15(12)16(19-11-20-17)18-8-5-9-22-14-6-3-4-7-14/h10-11,14H,3-9H2,1-2H3,(H,18,19,20,21). The molecule has 1 aliphatic rings. The summed E-state index contributed by atoms with van der Waals surface area (Å²) in [5, 5.41) is 4.42. The first-order valence-corrected chi connectivity index (χ1v) is 8.18. The third-order valence-electron chi connectivity index (χ3n) is 4.20. The van der Waals surface area contributed by atoms with Crippen LogP contribution in [0.15, 0.2) is 12.4 Å². The van der Waals surface area contributed by atoms with E-state index in [-0.39, 0.29) is 0 Å². The molecule has 1 N–H and O–H groups in total. The van der Waals surface area contributed by atoms with Crippen molar-refractivity contribution < 1.29 is 4.74 Å². The van der Waals surface area contributed by atoms with E-state index in [9.17, 15) is 0 Å². The molecule has 2 heterocycles. The first-order valence-electron chi connectivity index (χ1n) is 8.18. The van der Waals surface area contributed by atoms with Crippen LogP contribution in [0.2, 0.25) is 0 Å². The zero-order valence-corrected chi connectivity index (χ0v) is 13.4. The van der Waals surface area contributed by atoms with Crippen molar-refractivity contribution in [3.63, 3.8) is 0 Å². The molecule has 5 nitrogen and oxygen atoms in total. The number of hydrogen-bond donors (Lipinski definition) is 1. The van der Waals surface area contributed by atoms with E-state index >= 15 is 0 Å². The quantitative estimate of drug-likeness (QED) is 0.828. The van der Waals surface area contributed by atoms with Crippen molar-refractivity contribution in [1.29, 1.82) is 0 Å². The van der Waals surface area contributed by atoms with Gasteiger partial charge in [-0.25, -0.2) is 15.0 Å². The minimum Gasteiger partial charge on any atom is -0.378 e. The van der Waals surface area contributed by atoms with Crippen molar-refractivity contribution in [3.05, 3.63) is 23.7 Å². The molecule has 0 radical (unpaired) electrons. The molecule has 0 atom stereocenters. The lowest BCUT2D eigenvalue weighted by molar-refractivity contribution is 0.0583. The molecule has 1 aliphatic carbocycles. The number of aromatic nitrogens is 3. The largest absolute Gasteiger partial charge is 0.378 e. The SMILES string of the molecule is Cc1cc(C)c2c(NCCCOC3CCCC3)ncnc2n1. The Balaban J connectivity index is 1.57. The predicted molar refractivity (Wildman–Crippen MR) is 88.1 cm³/mol. The van der Waals surface area contributed by atoms with Gasteiger partial charge in [0, 0.05) is 18.8 Å². The minimum atomic E-state index is 0.495. The number of hydrogen-bond acceptors (Lipinski definition) is 5. The Kier molecular flexibility index (Phi) is 4.83. The Morgan fingerprint density at radius 2 is 2.05 bits per heavy atom. The fourth-order valence-corrected chi connectivity index (χ4v) is 3.13. The van der Waals surface area contributed by atoms with Crippen LogP contribution in [-0.2, 0) is 4.74 Å². The van der Waals surface area contributed by atoms with Gasteiger partial charge in [0.1, 0.15) is 12.1 Å². The van der Waals surface area contributed by atoms with E-state index in [2.05, 4.69) is 33.3 Å². The lowest BCUT2D eigenvalue weighted by atomic mass is 10.1. The third-order valence-corrected chi connectivity index (χ3v) is 4.20. The van der Waals surface area contributed by atoms with Gasteiger partial charge in [-0.1, -0.05) is 12.8 Å². The van der Waals surface area contributed by atoms with Crippen LogP contribution in [0.25, 0.3) is 11.0 Å². The van der Waals surface area contributed by atoms with Crippen LogP contribution in [0.3, 0.4) is 0 Å². The summed E-state index contributed by atoms with van der Waals surface area (Å²) in [4.78, 5) is 13.1. The molecule has 5 heteroatoms. The predicted octanol–water partition coefficient (Wildman–Crippen LogP) is 3.40. The Hall–Kier alpha value is -1.75. The Labute approximate surface area is 131 Å². The van der Waals surface area contributed by atoms with Gasteiger partial charge in [-0.3, -0.25) is 0 Å². The van der Waals surface area contributed by atoms with Crippen LogP contribution in [0.5, 0.6) is 0 Å². The first kappa shape index (κ1) is 15.2. The van der Waals surface area contributed by atoms with Crippen LogP contribution in [0, 0.1) is 13.8 Å². The Morgan fingerprint density at radius 1 is 1.23 bits per heavy atom. The minimum absolute atomic E-state index is 0.495. The summed E-state index contributed by atoms with van der Waals surface area (Å²) < 4.78 is 5.88. The van der Waals surface area contributed by atoms with Gasteiger partial charge in [-0.2, -0.15) is 0 Å². The maximum Gasteiger partial charge on any atom is 0.165 e. The molecule has 0 bridgehead atoms. The summed E-state index contributed by atoms with van der Waals surface area (Å²) in [6.45, 7) is 5.74. The second-order valence-corrected chi connectivity index (χ2v) is 6.06. The number of ether oxygens (including phenoxy) is 1. The average Bonchev–Trinajstić information content (AvgIpc) is 2.99. The van der Waals surface area contributed by atoms with Gasteiger partial charge < -0.3 is 10.1 Å². The molecule has 0 aromatic carbocycles. The summed E-state index contributed by atoms with van der Waals surface area (Å²) in [5.74, 6) is 0.871. The van der Waals surface area contributed by atoms with Crippen LogP contribution in [0.1, 0.15) is 43.4 Å². The first-order chi connectivity index (χ1) is 10.7. The molecular formula is C17H24N4O. The monoisotopic (exact) mass is 300 g/mol. The van der Waals surface area contributed by atoms with Gasteiger partial charge in [-0.15, -0.1) is 0 Å². The average molecular weight is 300 g/mol. The smallest absolute Gasteiger partial charge is 0.165 e. The number of rotatable bonds is 6. The van der Waals surface area contributed by atoms with E-state index < -0.39 is 0 Å². The molecule has 22 heavy (non-hydrogen) atoms. The molecule has 0 spiro atoms. The van der Waals surface area contributed by atoms with E-state index in [0.717, 1.165) is 47.7 Å². The third kappa shape index (κ3) is 3.53. The number of fused-ring (bicyclic) bond motifs is 1. The second kappa shape index (κ2) is 7.01. The highest BCUT2D eigenvalue weighted by Gasteiger charge is 2.14. The zero-order valence-electron chi connectivity index (χ0n) is 13.4. The molecule has 3 rings (SSSR count). The number of aryl methyl sites for hydroxylation is 2. The molecule has 2 aromatic rings. The topological polar surface area (TPSA) is 59.9 Å². The van der Waals surface area contributed by atoms with Crippen LogP contribution in [0.4, 0.5) is 5.82 Å². The molecule has 0 saturated heterocycles. The zero-order chi connectivity index (χ0) is 15.4. The highest BCUT2D eigenvalue weighted by Crippen LogP contribution is 2.23. The number of nitrogens with zero attached hydrogens (tertiary/aromatic N) is 3. The van der Waals surface area contributed by atoms with Crippen LogP contribution < -0.4 is 5.32 Å². The summed E-state index contributed by atoms with van der Waals surface area (Å²) in [6.07, 6.45) is 8.16. The lowest BCUT2D eigenvalue weighted by Crippen LogP contribution is -2.12. The molecule has 0 amide bonds. The summed E-state index contributed by atoms with van der Waals surface area (Å²) >= 11 is 0. The fourth-order valence-electron chi connectivity index (χ4n) is 3.13. The molecule has 1 saturated carbocycles. The van der Waals surface area contributed by atoms with Gasteiger partial charge in [0.15, 0.2) is 5.65 Å². The fraction of sp³-hybridized carbons (Fsp3) is 0.588. The van der Waals surface area contributed by atoms with Gasteiger partial charge in [-0.05, 0) is 44.7 Å². The van der Waals surface area contributed by atoms with Crippen molar-refractivity contribution in [2.45, 2.75) is 52.1 Å². The molecule has 118 valence electrons. The van der Waals surface area contributed by atoms with E-state index in [4.69, 9.17) is 4.74 Å². The number of pyridine rings is 1. The normalized spacial score (nSPS) is 15.5. The van der Waals surface area contributed by atoms with E-state index in [0.29, 0.717) is 6.10 Å². The molecule has 1 fully saturated rings. The Bertz CT molecular complexity index is 638. The van der Waals surface area contributed by atoms with E-state index in [1.165, 1.54) is 25.7 Å². The van der Waals surface area contributed by atoms with Crippen molar-refractivity contribution >= 4 is 16.9 Å². The van der Waals surface area contributed by atoms with Crippen molar-refractivity contribution in [2.75, 3.05) is 18.5 Å². The van der Waals surface area contributed by atoms with Crippen LogP contribution in [-0.4, -0.2) is 34.2 Å². The Morgan fingerprint density at radius 3 is 2.86 bits per heavy atom. The maximum absolute atomic E-state index is 5.88. The summed E-state index contributed by atoms with van der Waals surface area (Å²) in [5.41, 5.74) is 2.91. The lowest BCUT2D eigenvalue weighted by Gasteiger charge is -2.12. The number of nitrogens with one attached hydrogen (secondary N) is 1. The van der Waals surface area contributed by atoms with Crippen molar-refractivity contribution in [2.24, 2.45) is 0 Å². The molecule has 0 aliphatic heterocycles. The van der Waals surface area contributed by atoms with Gasteiger partial charge in [0.05, 0.1) is 11.5 Å². The molecule has 2 aromatic heterocycles. The maximum atomic E-state index is 5.88. The highest BCUT2D eigenvalue weighted by atomic mass is 16.5. The second-order valence-electron chi connectivity index (χ2n) is 6.06.